The topological polar surface area (TPSA) is 689 Å². The van der Waals surface area contributed by atoms with E-state index in [0.29, 0.717) is 63.1 Å². The Hall–Kier alpha value is -13.8. The van der Waals surface area contributed by atoms with Gasteiger partial charge < -0.3 is 130 Å². The molecule has 134 heavy (non-hydrogen) atoms. The van der Waals surface area contributed by atoms with Gasteiger partial charge in [0.2, 0.25) is 106 Å². The number of aliphatic carboxylic acids is 2. The molecule has 46 heteroatoms. The summed E-state index contributed by atoms with van der Waals surface area (Å²) in [4.78, 5) is 297. The third-order valence-electron chi connectivity index (χ3n) is 23.6. The number of thioether (sulfide) groups is 1. The number of hydrogen-bond donors (Lipinski definition) is 20. The highest BCUT2D eigenvalue weighted by atomic mass is 32.2. The molecule has 3 aromatic carbocycles. The minimum absolute atomic E-state index is 0.0904. The van der Waals surface area contributed by atoms with Crippen molar-refractivity contribution in [1.29, 1.82) is 0 Å². The molecule has 18 amide bonds. The van der Waals surface area contributed by atoms with Crippen LogP contribution in [-0.4, -0.2) is 328 Å². The zero-order valence-electron chi connectivity index (χ0n) is 75.2. The van der Waals surface area contributed by atoms with Crippen LogP contribution in [0.15, 0.2) is 85.2 Å². The number of rotatable bonds is 27. The number of H-pyrrole nitrogens is 2. The Morgan fingerprint density at radius 3 is 1.54 bits per heavy atom. The standard InChI is InChI=1S/C88H120N20O25S/c1-7-9-20-65-81(126)97-57(29-32-74(118)119)78(123)103-64(76(121)94-41-71(91)114)44-134-45-72(115)95-60(34-47-23-25-50(110)26-24-47)84(129)104(4)46(3)75(120)100-62(38-70(90)113)87(132)107-33-15-22-66(107)82(127)102-63(43-109)80(125)98-58(27-30-69(89)112)86(131)108-42-51(111)37-68(108)83(128)99-59(35-48-39-92-54-18-13-11-16-52(48)54)79(124)96-56(28-31-73(116)117)77(122)101-61(36-49-40-93-55-19-14-12-17-53(49)55)85(130)106(6)67(21-10-8-2)88(133)105(65)5/h11-14,16-19,23-26,39-40,46,51,56-68,92-93,109-111H,7-10,15,20-22,27-38,41-45H2,1-6H3,(H2,89,112)(H2,90,113)(H2,91,114)(H,94,121)(H,95,115)(H,96,124)(H,97,126)(H,98,125)(H,99,128)(H,100,120)(H,101,122)(H,102,127)(H,103,123)(H,116,117)(H,118,119)/t46-,51+,56-,57-,58-,59-,60-,61-,62+,63-,64-,65-,66-,67-,68-/m0/s1. The summed E-state index contributed by atoms with van der Waals surface area (Å²) in [7, 11) is 3.69. The van der Waals surface area contributed by atoms with Gasteiger partial charge in [-0.2, -0.15) is 0 Å². The molecule has 3 aliphatic rings. The van der Waals surface area contributed by atoms with E-state index in [1.807, 2.05) is 0 Å². The summed E-state index contributed by atoms with van der Waals surface area (Å²) in [6.07, 6.45) is -3.97. The maximum atomic E-state index is 15.8. The molecule has 5 aromatic rings. The lowest BCUT2D eigenvalue weighted by Crippen LogP contribution is -2.61. The van der Waals surface area contributed by atoms with E-state index in [9.17, 15) is 87.9 Å². The number of benzene rings is 3. The number of amides is 18. The molecule has 0 unspecified atom stereocenters. The van der Waals surface area contributed by atoms with Crippen LogP contribution in [0.3, 0.4) is 0 Å². The van der Waals surface area contributed by atoms with Crippen LogP contribution in [0.2, 0.25) is 0 Å². The third-order valence-corrected chi connectivity index (χ3v) is 24.7. The second-order valence-electron chi connectivity index (χ2n) is 33.5. The number of likely N-dealkylation sites (N-methyl/N-ethyl adjacent to an activating group) is 3. The first-order chi connectivity index (χ1) is 63.6. The summed E-state index contributed by atoms with van der Waals surface area (Å²) in [6.45, 7) is 1.95. The van der Waals surface area contributed by atoms with E-state index in [0.717, 1.165) is 31.5 Å². The number of phenolic OH excluding ortho intramolecular Hbond substituents is 1. The minimum atomic E-state index is -1.97. The molecule has 0 bridgehead atoms. The van der Waals surface area contributed by atoms with Gasteiger partial charge in [0, 0.05) is 119 Å². The highest BCUT2D eigenvalue weighted by Gasteiger charge is 2.47. The molecule has 0 aliphatic carbocycles. The molecule has 0 radical (unpaired) electrons. The van der Waals surface area contributed by atoms with Crippen molar-refractivity contribution in [2.75, 3.05) is 58.9 Å². The molecule has 8 rings (SSSR count). The van der Waals surface area contributed by atoms with Gasteiger partial charge in [-0.05, 0) is 92.8 Å². The highest BCUT2D eigenvalue weighted by molar-refractivity contribution is 8.00. The molecule has 45 nitrogen and oxygen atoms in total. The largest absolute Gasteiger partial charge is 0.508 e. The van der Waals surface area contributed by atoms with Gasteiger partial charge in [0.05, 0.1) is 31.4 Å². The number of carbonyl (C=O) groups is 20. The smallest absolute Gasteiger partial charge is 0.303 e. The number of para-hydroxylation sites is 2. The average molecular weight is 1890 g/mol. The number of nitrogens with one attached hydrogen (secondary N) is 12. The zero-order chi connectivity index (χ0) is 98.5. The lowest BCUT2D eigenvalue weighted by Gasteiger charge is -2.36. The number of hydrogen-bond acceptors (Lipinski definition) is 24. The van der Waals surface area contributed by atoms with E-state index in [1.54, 1.807) is 68.6 Å². The Kier molecular flexibility index (Phi) is 39.5. The van der Waals surface area contributed by atoms with Gasteiger partial charge >= 0.3 is 11.9 Å². The molecule has 5 heterocycles. The molecule has 3 aliphatic heterocycles. The number of aliphatic hydroxyl groups excluding tert-OH is 2. The van der Waals surface area contributed by atoms with Crippen molar-refractivity contribution in [2.24, 2.45) is 17.2 Å². The summed E-state index contributed by atoms with van der Waals surface area (Å²) in [5.41, 5.74) is 18.9. The number of aliphatic hydroxyl groups is 2. The number of carbonyl (C=O) groups excluding carboxylic acids is 18. The zero-order valence-corrected chi connectivity index (χ0v) is 76.0. The van der Waals surface area contributed by atoms with E-state index < -0.39 is 298 Å². The predicted octanol–water partition coefficient (Wildman–Crippen LogP) is -4.21. The summed E-state index contributed by atoms with van der Waals surface area (Å²) in [5.74, 6) is -23.5. The lowest BCUT2D eigenvalue weighted by molar-refractivity contribution is -0.149. The van der Waals surface area contributed by atoms with Gasteiger partial charge in [-0.25, -0.2) is 0 Å². The fourth-order valence-corrected chi connectivity index (χ4v) is 16.9. The second-order valence-corrected chi connectivity index (χ2v) is 34.5. The van der Waals surface area contributed by atoms with E-state index >= 15 is 33.6 Å². The first kappa shape index (κ1) is 106. The molecular weight excluding hydrogens is 1770 g/mol. The number of aromatic nitrogens is 2. The van der Waals surface area contributed by atoms with Gasteiger partial charge in [-0.3, -0.25) is 95.9 Å². The van der Waals surface area contributed by atoms with E-state index in [1.165, 1.54) is 51.5 Å². The fourth-order valence-electron chi connectivity index (χ4n) is 16.1. The monoisotopic (exact) mass is 1890 g/mol. The first-order valence-electron chi connectivity index (χ1n) is 44.1. The highest BCUT2D eigenvalue weighted by Crippen LogP contribution is 2.28. The number of fused-ring (bicyclic) bond motifs is 4. The quantitative estimate of drug-likeness (QED) is 0.0237. The lowest BCUT2D eigenvalue weighted by atomic mass is 9.99. The maximum Gasteiger partial charge on any atom is 0.303 e. The Bertz CT molecular complexity index is 5130. The Balaban J connectivity index is 1.21. The number of nitrogens with zero attached hydrogens (tertiary/aromatic N) is 5. The van der Waals surface area contributed by atoms with Crippen LogP contribution in [0.5, 0.6) is 5.75 Å². The summed E-state index contributed by atoms with van der Waals surface area (Å²) < 4.78 is 0. The minimum Gasteiger partial charge on any atom is -0.508 e. The van der Waals surface area contributed by atoms with Crippen molar-refractivity contribution in [3.8, 4) is 5.75 Å². The van der Waals surface area contributed by atoms with Crippen molar-refractivity contribution >= 4 is 152 Å². The number of nitrogens with two attached hydrogens (primary N) is 3. The van der Waals surface area contributed by atoms with Gasteiger partial charge in [-0.1, -0.05) is 88.1 Å². The van der Waals surface area contributed by atoms with Crippen LogP contribution in [-0.2, 0) is 115 Å². The van der Waals surface area contributed by atoms with Crippen molar-refractivity contribution in [2.45, 2.75) is 233 Å². The van der Waals surface area contributed by atoms with Crippen LogP contribution in [0.4, 0.5) is 0 Å². The van der Waals surface area contributed by atoms with Crippen LogP contribution in [0.1, 0.15) is 140 Å². The average Bonchev–Trinajstić information content (AvgIpc) is 1.55. The normalized spacial score (nSPS) is 24.8. The SMILES string of the molecule is CCCC[C@H]1C(=O)N(C)[C@@H](CCCC)C(=O)N[C@@H](CCC(=O)O)C(=O)N[C@H](C(=O)NCC(N)=O)CSCC(=O)N[C@@H](Cc2ccc(O)cc2)C(=O)N(C)[C@@H](C)C(=O)N[C@H](CC(N)=O)C(=O)N2CCC[C@H]2C(=O)N[C@@H](CO)C(=O)N[C@@H](CCC(N)=O)C(=O)N2C[C@H](O)C[C@H]2C(=O)N[C@@H](Cc2c[nH]c3ccccc23)C(=O)N[C@@H](CCC(=O)O)C(=O)N[C@@H](Cc2c[nH]c3ccccc23)C(=O)N1C. The molecule has 0 spiro atoms. The van der Waals surface area contributed by atoms with Crippen molar-refractivity contribution in [1.82, 2.24) is 87.6 Å². The number of carboxylic acids is 2. The number of aromatic amines is 2. The maximum absolute atomic E-state index is 15.8. The first-order valence-corrected chi connectivity index (χ1v) is 45.2. The summed E-state index contributed by atoms with van der Waals surface area (Å²) in [5, 5.41) is 78.6. The molecule has 0 saturated carbocycles. The predicted molar refractivity (Wildman–Crippen MR) is 481 cm³/mol. The van der Waals surface area contributed by atoms with E-state index in [2.05, 4.69) is 63.1 Å². The van der Waals surface area contributed by atoms with E-state index in [4.69, 9.17) is 17.2 Å². The number of phenols is 1. The van der Waals surface area contributed by atoms with Crippen molar-refractivity contribution in [3.05, 3.63) is 102 Å². The third kappa shape index (κ3) is 29.6. The van der Waals surface area contributed by atoms with Crippen molar-refractivity contribution < 1.29 is 121 Å². The van der Waals surface area contributed by atoms with Gasteiger partial charge in [0.15, 0.2) is 0 Å². The Morgan fingerprint density at radius 2 is 0.970 bits per heavy atom. The van der Waals surface area contributed by atoms with Crippen LogP contribution in [0.25, 0.3) is 21.8 Å². The Labute approximate surface area is 774 Å². The number of aromatic hydroxyl groups is 1. The summed E-state index contributed by atoms with van der Waals surface area (Å²) >= 11 is 0.680. The second kappa shape index (κ2) is 50.2. The Morgan fingerprint density at radius 1 is 0.485 bits per heavy atom. The van der Waals surface area contributed by atoms with Crippen molar-refractivity contribution in [3.63, 3.8) is 0 Å². The van der Waals surface area contributed by atoms with Gasteiger partial charge in [-0.15, -0.1) is 11.8 Å². The van der Waals surface area contributed by atoms with Crippen LogP contribution < -0.4 is 70.4 Å². The molecule has 15 atom stereocenters. The van der Waals surface area contributed by atoms with Gasteiger partial charge in [0.25, 0.3) is 0 Å². The fraction of sp³-hybridized carbons (Fsp3) is 0.523. The summed E-state index contributed by atoms with van der Waals surface area (Å²) in [6, 6.07) is -4.92. The van der Waals surface area contributed by atoms with Crippen LogP contribution >= 0.6 is 11.8 Å². The molecule has 23 N–H and O–H groups in total. The van der Waals surface area contributed by atoms with Crippen LogP contribution in [0, 0.1) is 0 Å². The van der Waals surface area contributed by atoms with E-state index in [-0.39, 0.29) is 63.7 Å². The number of carboxylic acid groups (broad SMARTS) is 2. The number of primary amides is 3. The molecular formula is C88H120N20O25S. The molecule has 728 valence electrons. The molecule has 3 fully saturated rings. The molecule has 3 saturated heterocycles. The van der Waals surface area contributed by atoms with Gasteiger partial charge in [0.1, 0.15) is 90.3 Å². The number of unbranched alkanes of at least 4 members (excludes halogenated alkanes) is 2. The molecule has 2 aromatic heterocycles.